The van der Waals surface area contributed by atoms with E-state index in [1.54, 1.807) is 24.3 Å². The van der Waals surface area contributed by atoms with Gasteiger partial charge in [0.25, 0.3) is 5.91 Å². The minimum absolute atomic E-state index is 0.127. The van der Waals surface area contributed by atoms with Gasteiger partial charge in [-0.2, -0.15) is 0 Å². The summed E-state index contributed by atoms with van der Waals surface area (Å²) in [6, 6.07) is 12.6. The molecule has 2 aromatic carbocycles. The Morgan fingerprint density at radius 3 is 1.96 bits per heavy atom. The number of Topliss-reactive ketones (excluding diaryl/α,β-unsaturated/α-hetero) is 1. The van der Waals surface area contributed by atoms with E-state index in [0.29, 0.717) is 16.8 Å². The lowest BCUT2D eigenvalue weighted by Crippen LogP contribution is -2.22. The number of rotatable bonds is 6. The molecule has 7 heteroatoms. The lowest BCUT2D eigenvalue weighted by molar-refractivity contribution is 0.0967. The quantitative estimate of drug-likeness (QED) is 0.791. The number of nitrogens with one attached hydrogen (secondary N) is 1. The van der Waals surface area contributed by atoms with E-state index in [1.165, 1.54) is 38.4 Å². The highest BCUT2D eigenvalue weighted by atomic mass is 32.2. The highest BCUT2D eigenvalue weighted by molar-refractivity contribution is 7.89. The number of hydrogen-bond donors (Lipinski definition) is 1. The molecule has 0 bridgehead atoms. The number of benzene rings is 2. The third-order valence-electron chi connectivity index (χ3n) is 4.27. The molecular formula is C19H20N2O4S. The van der Waals surface area contributed by atoms with Crippen molar-refractivity contribution in [2.75, 3.05) is 19.4 Å². The molecule has 0 atom stereocenters. The zero-order valence-corrected chi connectivity index (χ0v) is 15.4. The molecule has 1 saturated carbocycles. The molecule has 1 fully saturated rings. The van der Waals surface area contributed by atoms with Crippen LogP contribution in [0.15, 0.2) is 53.4 Å². The second-order valence-corrected chi connectivity index (χ2v) is 8.63. The summed E-state index contributed by atoms with van der Waals surface area (Å²) >= 11 is 0. The number of sulfonamides is 1. The van der Waals surface area contributed by atoms with Crippen LogP contribution in [-0.4, -0.2) is 38.5 Å². The van der Waals surface area contributed by atoms with Crippen LogP contribution in [-0.2, 0) is 10.0 Å². The Morgan fingerprint density at radius 1 is 0.923 bits per heavy atom. The van der Waals surface area contributed by atoms with E-state index < -0.39 is 10.0 Å². The van der Waals surface area contributed by atoms with Gasteiger partial charge in [0.2, 0.25) is 10.0 Å². The van der Waals surface area contributed by atoms with Crippen LogP contribution < -0.4 is 5.32 Å². The first-order valence-electron chi connectivity index (χ1n) is 8.27. The number of nitrogens with zero attached hydrogens (tertiary/aromatic N) is 1. The van der Waals surface area contributed by atoms with Crippen molar-refractivity contribution in [1.29, 1.82) is 0 Å². The molecule has 6 nitrogen and oxygen atoms in total. The fourth-order valence-corrected chi connectivity index (χ4v) is 3.39. The van der Waals surface area contributed by atoms with Crippen molar-refractivity contribution in [2.45, 2.75) is 17.7 Å². The van der Waals surface area contributed by atoms with Gasteiger partial charge in [0.15, 0.2) is 5.78 Å². The molecule has 0 unspecified atom stereocenters. The van der Waals surface area contributed by atoms with Gasteiger partial charge in [0.1, 0.15) is 0 Å². The first-order chi connectivity index (χ1) is 12.3. The minimum atomic E-state index is -3.52. The Hall–Kier alpha value is -2.51. The first-order valence-corrected chi connectivity index (χ1v) is 9.71. The maximum absolute atomic E-state index is 12.3. The lowest BCUT2D eigenvalue weighted by atomic mass is 10.1. The average Bonchev–Trinajstić information content (AvgIpc) is 3.47. The molecule has 26 heavy (non-hydrogen) atoms. The Kier molecular flexibility index (Phi) is 4.93. The monoisotopic (exact) mass is 372 g/mol. The SMILES string of the molecule is CN(C)S(=O)(=O)c1ccc(C(=O)Nc2ccc(C(=O)C3CC3)cc2)cc1. The van der Waals surface area contributed by atoms with Crippen LogP contribution in [0.25, 0.3) is 0 Å². The predicted octanol–water partition coefficient (Wildman–Crippen LogP) is 2.78. The topological polar surface area (TPSA) is 83.6 Å². The van der Waals surface area contributed by atoms with Crippen LogP contribution >= 0.6 is 0 Å². The second kappa shape index (κ2) is 7.01. The number of ketones is 1. The van der Waals surface area contributed by atoms with Gasteiger partial charge in [0, 0.05) is 36.8 Å². The zero-order chi connectivity index (χ0) is 18.9. The van der Waals surface area contributed by atoms with Crippen molar-refractivity contribution in [3.8, 4) is 0 Å². The zero-order valence-electron chi connectivity index (χ0n) is 14.6. The molecule has 0 heterocycles. The van der Waals surface area contributed by atoms with Crippen molar-refractivity contribution in [3.05, 3.63) is 59.7 Å². The van der Waals surface area contributed by atoms with Gasteiger partial charge < -0.3 is 5.32 Å². The third-order valence-corrected chi connectivity index (χ3v) is 6.10. The number of hydrogen-bond acceptors (Lipinski definition) is 4. The average molecular weight is 372 g/mol. The smallest absolute Gasteiger partial charge is 0.255 e. The molecule has 0 aliphatic heterocycles. The van der Waals surface area contributed by atoms with Gasteiger partial charge in [-0.3, -0.25) is 9.59 Å². The van der Waals surface area contributed by atoms with Crippen LogP contribution in [0.3, 0.4) is 0 Å². The predicted molar refractivity (Wildman–Crippen MR) is 98.8 cm³/mol. The van der Waals surface area contributed by atoms with Crippen molar-refractivity contribution in [2.24, 2.45) is 5.92 Å². The molecule has 0 aromatic heterocycles. The number of carbonyl (C=O) groups is 2. The van der Waals surface area contributed by atoms with Crippen LogP contribution in [0.4, 0.5) is 5.69 Å². The molecule has 1 aliphatic rings. The summed E-state index contributed by atoms with van der Waals surface area (Å²) < 4.78 is 25.2. The minimum Gasteiger partial charge on any atom is -0.322 e. The van der Waals surface area contributed by atoms with E-state index in [9.17, 15) is 18.0 Å². The Bertz CT molecular complexity index is 929. The normalized spacial score (nSPS) is 14.3. The summed E-state index contributed by atoms with van der Waals surface area (Å²) in [6.45, 7) is 0. The van der Waals surface area contributed by atoms with E-state index in [1.807, 2.05) is 0 Å². The highest BCUT2D eigenvalue weighted by Gasteiger charge is 2.30. The fraction of sp³-hybridized carbons (Fsp3) is 0.263. The second-order valence-electron chi connectivity index (χ2n) is 6.48. The summed E-state index contributed by atoms with van der Waals surface area (Å²) in [5.41, 5.74) is 1.58. The summed E-state index contributed by atoms with van der Waals surface area (Å²) in [4.78, 5) is 24.4. The standard InChI is InChI=1S/C19H20N2O4S/c1-21(2)26(24,25)17-11-7-15(8-12-17)19(23)20-16-9-5-14(6-10-16)18(22)13-3-4-13/h5-13H,3-4H2,1-2H3,(H,20,23). The molecular weight excluding hydrogens is 352 g/mol. The molecule has 0 spiro atoms. The summed E-state index contributed by atoms with van der Waals surface area (Å²) in [5, 5.41) is 2.74. The van der Waals surface area contributed by atoms with E-state index >= 15 is 0 Å². The van der Waals surface area contributed by atoms with E-state index in [-0.39, 0.29) is 22.5 Å². The van der Waals surface area contributed by atoms with E-state index in [2.05, 4.69) is 5.32 Å². The molecule has 136 valence electrons. The molecule has 1 aliphatic carbocycles. The van der Waals surface area contributed by atoms with Crippen LogP contribution in [0.5, 0.6) is 0 Å². The van der Waals surface area contributed by atoms with E-state index in [0.717, 1.165) is 17.1 Å². The van der Waals surface area contributed by atoms with Crippen molar-refractivity contribution >= 4 is 27.4 Å². The van der Waals surface area contributed by atoms with Crippen molar-refractivity contribution in [3.63, 3.8) is 0 Å². The van der Waals surface area contributed by atoms with Crippen molar-refractivity contribution in [1.82, 2.24) is 4.31 Å². The number of carbonyl (C=O) groups excluding carboxylic acids is 2. The van der Waals surface area contributed by atoms with Gasteiger partial charge >= 0.3 is 0 Å². The third kappa shape index (κ3) is 3.84. The van der Waals surface area contributed by atoms with Gasteiger partial charge in [-0.1, -0.05) is 0 Å². The largest absolute Gasteiger partial charge is 0.322 e. The number of anilines is 1. The van der Waals surface area contributed by atoms with Gasteiger partial charge in [0.05, 0.1) is 4.90 Å². The molecule has 0 saturated heterocycles. The Balaban J connectivity index is 1.69. The summed E-state index contributed by atoms with van der Waals surface area (Å²) in [6.07, 6.45) is 1.91. The molecule has 1 amide bonds. The summed E-state index contributed by atoms with van der Waals surface area (Å²) in [5.74, 6) is -0.0342. The molecule has 2 aromatic rings. The van der Waals surface area contributed by atoms with Gasteiger partial charge in [-0.15, -0.1) is 0 Å². The Morgan fingerprint density at radius 2 is 1.46 bits per heavy atom. The summed E-state index contributed by atoms with van der Waals surface area (Å²) in [7, 11) is -0.620. The highest BCUT2D eigenvalue weighted by Crippen LogP contribution is 2.32. The van der Waals surface area contributed by atoms with Crippen LogP contribution in [0.2, 0.25) is 0 Å². The molecule has 1 N–H and O–H groups in total. The first kappa shape index (κ1) is 18.3. The lowest BCUT2D eigenvalue weighted by Gasteiger charge is -2.11. The number of amides is 1. The molecule has 3 rings (SSSR count). The maximum Gasteiger partial charge on any atom is 0.255 e. The fourth-order valence-electron chi connectivity index (χ4n) is 2.49. The maximum atomic E-state index is 12.3. The van der Waals surface area contributed by atoms with Gasteiger partial charge in [-0.05, 0) is 61.4 Å². The van der Waals surface area contributed by atoms with Gasteiger partial charge in [-0.25, -0.2) is 12.7 Å². The van der Waals surface area contributed by atoms with Crippen LogP contribution in [0.1, 0.15) is 33.6 Å². The molecule has 0 radical (unpaired) electrons. The Labute approximate surface area is 152 Å². The van der Waals surface area contributed by atoms with Crippen molar-refractivity contribution < 1.29 is 18.0 Å². The van der Waals surface area contributed by atoms with Crippen LogP contribution in [0, 0.1) is 5.92 Å². The van der Waals surface area contributed by atoms with E-state index in [4.69, 9.17) is 0 Å².